The van der Waals surface area contributed by atoms with Crippen molar-refractivity contribution in [3.63, 3.8) is 0 Å². The number of carbonyl (C=O) groups excluding carboxylic acids is 1. The molecule has 1 heterocycles. The van der Waals surface area contributed by atoms with Gasteiger partial charge in [0.1, 0.15) is 0 Å². The van der Waals surface area contributed by atoms with Gasteiger partial charge in [-0.2, -0.15) is 0 Å². The molecule has 4 N–H and O–H groups in total. The van der Waals surface area contributed by atoms with Gasteiger partial charge in [-0.05, 0) is 45.6 Å². The SMILES string of the molecule is CNC1(C(N)=O)CCCC(Sc2n[nH]c(=O)n2C2CC2)C1. The number of primary amides is 1. The summed E-state index contributed by atoms with van der Waals surface area (Å²) in [4.78, 5) is 23.6. The van der Waals surface area contributed by atoms with Crippen molar-refractivity contribution >= 4 is 17.7 Å². The minimum Gasteiger partial charge on any atom is -0.368 e. The van der Waals surface area contributed by atoms with Gasteiger partial charge in [0.2, 0.25) is 5.91 Å². The van der Waals surface area contributed by atoms with E-state index in [0.29, 0.717) is 12.5 Å². The third kappa shape index (κ3) is 2.74. The molecule has 2 atom stereocenters. The van der Waals surface area contributed by atoms with Gasteiger partial charge in [-0.3, -0.25) is 9.36 Å². The molecule has 1 amide bonds. The minimum absolute atomic E-state index is 0.134. The Balaban J connectivity index is 1.76. The average molecular weight is 311 g/mol. The predicted octanol–water partition coefficient (Wildman–Crippen LogP) is 0.384. The first-order valence-corrected chi connectivity index (χ1v) is 8.26. The summed E-state index contributed by atoms with van der Waals surface area (Å²) >= 11 is 1.59. The second kappa shape index (κ2) is 5.49. The molecule has 116 valence electrons. The molecule has 2 unspecified atom stereocenters. The second-order valence-electron chi connectivity index (χ2n) is 5.95. The highest BCUT2D eigenvalue weighted by molar-refractivity contribution is 7.99. The molecule has 0 saturated heterocycles. The van der Waals surface area contributed by atoms with E-state index in [9.17, 15) is 9.59 Å². The first-order chi connectivity index (χ1) is 10.1. The number of nitrogens with zero attached hydrogens (tertiary/aromatic N) is 2. The number of amides is 1. The Morgan fingerprint density at radius 2 is 2.29 bits per heavy atom. The number of carbonyl (C=O) groups is 1. The maximum atomic E-state index is 11.8. The zero-order valence-electron chi connectivity index (χ0n) is 12.1. The van der Waals surface area contributed by atoms with E-state index in [4.69, 9.17) is 5.73 Å². The Labute approximate surface area is 127 Å². The third-order valence-electron chi connectivity index (χ3n) is 4.51. The molecular formula is C13H21N5O2S. The lowest BCUT2D eigenvalue weighted by Crippen LogP contribution is -2.57. The summed E-state index contributed by atoms with van der Waals surface area (Å²) in [6.45, 7) is 0. The van der Waals surface area contributed by atoms with Gasteiger partial charge in [-0.1, -0.05) is 11.8 Å². The van der Waals surface area contributed by atoms with Gasteiger partial charge in [0, 0.05) is 11.3 Å². The molecule has 0 aliphatic heterocycles. The van der Waals surface area contributed by atoms with Gasteiger partial charge in [0.25, 0.3) is 0 Å². The van der Waals surface area contributed by atoms with E-state index in [0.717, 1.165) is 37.3 Å². The van der Waals surface area contributed by atoms with Crippen LogP contribution < -0.4 is 16.7 Å². The van der Waals surface area contributed by atoms with Gasteiger partial charge in [-0.15, -0.1) is 5.10 Å². The van der Waals surface area contributed by atoms with Crippen LogP contribution in [-0.2, 0) is 4.79 Å². The number of aromatic amines is 1. The van der Waals surface area contributed by atoms with Gasteiger partial charge in [0.15, 0.2) is 5.16 Å². The zero-order valence-corrected chi connectivity index (χ0v) is 12.9. The van der Waals surface area contributed by atoms with Crippen molar-refractivity contribution in [1.29, 1.82) is 0 Å². The molecule has 2 saturated carbocycles. The predicted molar refractivity (Wildman–Crippen MR) is 80.2 cm³/mol. The summed E-state index contributed by atoms with van der Waals surface area (Å²) in [7, 11) is 1.78. The summed E-state index contributed by atoms with van der Waals surface area (Å²) < 4.78 is 1.75. The van der Waals surface area contributed by atoms with Crippen molar-refractivity contribution in [2.24, 2.45) is 5.73 Å². The average Bonchev–Trinajstić information content (AvgIpc) is 3.24. The molecule has 3 rings (SSSR count). The zero-order chi connectivity index (χ0) is 15.0. The summed E-state index contributed by atoms with van der Waals surface area (Å²) in [5, 5.41) is 10.8. The molecule has 21 heavy (non-hydrogen) atoms. The number of hydrogen-bond acceptors (Lipinski definition) is 5. The highest BCUT2D eigenvalue weighted by Gasteiger charge is 2.41. The molecule has 2 aliphatic rings. The molecule has 7 nitrogen and oxygen atoms in total. The Morgan fingerprint density at radius 3 is 2.90 bits per heavy atom. The molecule has 1 aromatic rings. The van der Waals surface area contributed by atoms with Crippen LogP contribution >= 0.6 is 11.8 Å². The third-order valence-corrected chi connectivity index (χ3v) is 5.75. The first kappa shape index (κ1) is 14.6. The molecule has 0 radical (unpaired) electrons. The van der Waals surface area contributed by atoms with E-state index < -0.39 is 5.54 Å². The Hall–Kier alpha value is -1.28. The lowest BCUT2D eigenvalue weighted by atomic mass is 9.81. The second-order valence-corrected chi connectivity index (χ2v) is 7.21. The number of aromatic nitrogens is 3. The molecule has 2 fully saturated rings. The van der Waals surface area contributed by atoms with Crippen molar-refractivity contribution in [1.82, 2.24) is 20.1 Å². The number of hydrogen-bond donors (Lipinski definition) is 3. The van der Waals surface area contributed by atoms with Gasteiger partial charge >= 0.3 is 5.69 Å². The maximum Gasteiger partial charge on any atom is 0.344 e. The largest absolute Gasteiger partial charge is 0.368 e. The topological polar surface area (TPSA) is 106 Å². The lowest BCUT2D eigenvalue weighted by Gasteiger charge is -2.37. The molecule has 2 aliphatic carbocycles. The molecular weight excluding hydrogens is 290 g/mol. The fraction of sp³-hybridized carbons (Fsp3) is 0.769. The van der Waals surface area contributed by atoms with Crippen LogP contribution in [0.15, 0.2) is 9.95 Å². The van der Waals surface area contributed by atoms with E-state index in [1.807, 2.05) is 0 Å². The normalized spacial score (nSPS) is 29.5. The maximum absolute atomic E-state index is 11.8. The number of rotatable bonds is 5. The fourth-order valence-corrected chi connectivity index (χ4v) is 4.47. The van der Waals surface area contributed by atoms with Crippen LogP contribution in [0, 0.1) is 0 Å². The van der Waals surface area contributed by atoms with E-state index in [1.54, 1.807) is 23.4 Å². The lowest BCUT2D eigenvalue weighted by molar-refractivity contribution is -0.125. The van der Waals surface area contributed by atoms with Crippen molar-refractivity contribution in [3.05, 3.63) is 10.5 Å². The Morgan fingerprint density at radius 1 is 1.52 bits per heavy atom. The quantitative estimate of drug-likeness (QED) is 0.729. The van der Waals surface area contributed by atoms with Crippen LogP contribution in [0.3, 0.4) is 0 Å². The van der Waals surface area contributed by atoms with E-state index >= 15 is 0 Å². The number of likely N-dealkylation sites (N-methyl/N-ethyl adjacent to an activating group) is 1. The summed E-state index contributed by atoms with van der Waals surface area (Å²) in [6.07, 6.45) is 5.48. The van der Waals surface area contributed by atoms with Crippen LogP contribution in [0.25, 0.3) is 0 Å². The Kier molecular flexibility index (Phi) is 3.83. The van der Waals surface area contributed by atoms with Gasteiger partial charge < -0.3 is 11.1 Å². The summed E-state index contributed by atoms with van der Waals surface area (Å²) in [5.74, 6) is -0.295. The fourth-order valence-electron chi connectivity index (χ4n) is 3.08. The highest BCUT2D eigenvalue weighted by atomic mass is 32.2. The van der Waals surface area contributed by atoms with E-state index in [2.05, 4.69) is 15.5 Å². The minimum atomic E-state index is -0.628. The van der Waals surface area contributed by atoms with Crippen LogP contribution in [-0.4, -0.2) is 38.5 Å². The molecule has 0 spiro atoms. The Bertz CT molecular complexity index is 594. The smallest absolute Gasteiger partial charge is 0.344 e. The van der Waals surface area contributed by atoms with Crippen LogP contribution in [0.2, 0.25) is 0 Å². The number of thioether (sulfide) groups is 1. The molecule has 1 aromatic heterocycles. The van der Waals surface area contributed by atoms with Gasteiger partial charge in [0.05, 0.1) is 5.54 Å². The summed E-state index contributed by atoms with van der Waals surface area (Å²) in [5.41, 5.74) is 4.81. The van der Waals surface area contributed by atoms with E-state index in [1.165, 1.54) is 0 Å². The molecule has 8 heteroatoms. The molecule has 0 bridgehead atoms. The number of nitrogens with two attached hydrogens (primary N) is 1. The van der Waals surface area contributed by atoms with E-state index in [-0.39, 0.29) is 16.8 Å². The standard InChI is InChI=1S/C13H21N5O2S/c1-15-13(10(14)19)6-2-3-9(7-13)21-12-17-16-11(20)18(12)8-4-5-8/h8-9,15H,2-7H2,1H3,(H2,14,19)(H,16,20). The summed E-state index contributed by atoms with van der Waals surface area (Å²) in [6, 6.07) is 0.299. The number of H-pyrrole nitrogens is 1. The monoisotopic (exact) mass is 311 g/mol. The van der Waals surface area contributed by atoms with Crippen molar-refractivity contribution in [2.45, 2.75) is 60.5 Å². The highest BCUT2D eigenvalue weighted by Crippen LogP contribution is 2.40. The van der Waals surface area contributed by atoms with Crippen molar-refractivity contribution < 1.29 is 4.79 Å². The van der Waals surface area contributed by atoms with Gasteiger partial charge in [-0.25, -0.2) is 9.89 Å². The van der Waals surface area contributed by atoms with Crippen LogP contribution in [0.1, 0.15) is 44.6 Å². The van der Waals surface area contributed by atoms with Crippen molar-refractivity contribution in [3.8, 4) is 0 Å². The molecule has 0 aromatic carbocycles. The van der Waals surface area contributed by atoms with Crippen molar-refractivity contribution in [2.75, 3.05) is 7.05 Å². The number of nitrogens with one attached hydrogen (secondary N) is 2. The first-order valence-electron chi connectivity index (χ1n) is 7.38. The van der Waals surface area contributed by atoms with Crippen LogP contribution in [0.5, 0.6) is 0 Å². The van der Waals surface area contributed by atoms with Crippen LogP contribution in [0.4, 0.5) is 0 Å².